The molecule has 1 amide bonds. The Bertz CT molecular complexity index is 615. The van der Waals surface area contributed by atoms with Crippen molar-refractivity contribution in [3.8, 4) is 0 Å². The fourth-order valence-electron chi connectivity index (χ4n) is 2.48. The molecular weight excluding hydrogens is 292 g/mol. The summed E-state index contributed by atoms with van der Waals surface area (Å²) in [5.74, 6) is 0.0596. The van der Waals surface area contributed by atoms with Gasteiger partial charge in [0.15, 0.2) is 0 Å². The summed E-state index contributed by atoms with van der Waals surface area (Å²) in [6.45, 7) is 4.53. The molecule has 1 aliphatic rings. The number of hydrogen-bond donors (Lipinski definition) is 0. The number of rotatable bonds is 5. The molecule has 0 N–H and O–H groups in total. The molecule has 7 nitrogen and oxygen atoms in total. The van der Waals surface area contributed by atoms with Gasteiger partial charge in [0.1, 0.15) is 6.33 Å². The van der Waals surface area contributed by atoms with Gasteiger partial charge in [0.05, 0.1) is 5.25 Å². The van der Waals surface area contributed by atoms with Gasteiger partial charge in [0, 0.05) is 26.6 Å². The molecule has 0 spiro atoms. The summed E-state index contributed by atoms with van der Waals surface area (Å²) in [6.07, 6.45) is 5.05. The fraction of sp³-hybridized carbons (Fsp3) is 0.615. The number of hydrogen-bond acceptors (Lipinski definition) is 5. The molecule has 116 valence electrons. The van der Waals surface area contributed by atoms with Gasteiger partial charge in [0.25, 0.3) is 0 Å². The predicted molar refractivity (Wildman–Crippen MR) is 77.2 cm³/mol. The van der Waals surface area contributed by atoms with Gasteiger partial charge < -0.3 is 9.47 Å². The number of amides is 1. The number of carbonyl (C=O) groups excluding carboxylic acids is 1. The van der Waals surface area contributed by atoms with Crippen molar-refractivity contribution in [1.29, 1.82) is 0 Å². The van der Waals surface area contributed by atoms with Crippen molar-refractivity contribution in [3.05, 3.63) is 19.0 Å². The predicted octanol–water partition coefficient (Wildman–Crippen LogP) is 0.546. The monoisotopic (exact) mass is 312 g/mol. The van der Waals surface area contributed by atoms with Crippen LogP contribution in [0, 0.1) is 0 Å². The van der Waals surface area contributed by atoms with Crippen molar-refractivity contribution in [2.45, 2.75) is 36.1 Å². The van der Waals surface area contributed by atoms with Crippen LogP contribution in [0.3, 0.4) is 0 Å². The van der Waals surface area contributed by atoms with Crippen molar-refractivity contribution in [3.63, 3.8) is 0 Å². The summed E-state index contributed by atoms with van der Waals surface area (Å²) < 4.78 is 26.4. The highest BCUT2D eigenvalue weighted by molar-refractivity contribution is 7.91. The van der Waals surface area contributed by atoms with Crippen molar-refractivity contribution >= 4 is 15.7 Å². The van der Waals surface area contributed by atoms with E-state index >= 15 is 0 Å². The first-order chi connectivity index (χ1) is 9.96. The minimum absolute atomic E-state index is 0.000987. The van der Waals surface area contributed by atoms with Crippen LogP contribution in [0.4, 0.5) is 0 Å². The number of likely N-dealkylation sites (tertiary alicyclic amines) is 1. The Balaban J connectivity index is 1.99. The maximum atomic E-state index is 12.5. The van der Waals surface area contributed by atoms with E-state index in [1.165, 1.54) is 10.9 Å². The van der Waals surface area contributed by atoms with E-state index in [1.807, 2.05) is 0 Å². The third-order valence-electron chi connectivity index (χ3n) is 3.72. The number of nitrogens with zero attached hydrogens (tertiary/aromatic N) is 4. The SMILES string of the molecule is C=CCCC(=O)N1CCC(S(=O)(=O)c2nncn2C)CC1. The summed E-state index contributed by atoms with van der Waals surface area (Å²) in [7, 11) is -1.87. The number of aromatic nitrogens is 3. The number of piperidine rings is 1. The second kappa shape index (κ2) is 6.38. The zero-order valence-corrected chi connectivity index (χ0v) is 12.9. The smallest absolute Gasteiger partial charge is 0.249 e. The lowest BCUT2D eigenvalue weighted by Crippen LogP contribution is -2.42. The van der Waals surface area contributed by atoms with E-state index in [9.17, 15) is 13.2 Å². The molecule has 8 heteroatoms. The van der Waals surface area contributed by atoms with Crippen LogP contribution in [0.15, 0.2) is 24.1 Å². The summed E-state index contributed by atoms with van der Waals surface area (Å²) in [5.41, 5.74) is 0. The maximum absolute atomic E-state index is 12.5. The van der Waals surface area contributed by atoms with E-state index in [0.29, 0.717) is 38.8 Å². The Morgan fingerprint density at radius 3 is 2.67 bits per heavy atom. The molecule has 2 rings (SSSR count). The Morgan fingerprint density at radius 1 is 1.48 bits per heavy atom. The van der Waals surface area contributed by atoms with Crippen LogP contribution in [0.1, 0.15) is 25.7 Å². The summed E-state index contributed by atoms with van der Waals surface area (Å²) >= 11 is 0. The topological polar surface area (TPSA) is 85.2 Å². The Labute approximate surface area is 124 Å². The molecule has 0 atom stereocenters. The second-order valence-electron chi connectivity index (χ2n) is 5.18. The number of aryl methyl sites for hydroxylation is 1. The van der Waals surface area contributed by atoms with E-state index in [4.69, 9.17) is 0 Å². The molecule has 0 aromatic carbocycles. The first-order valence-electron chi connectivity index (χ1n) is 6.93. The average molecular weight is 312 g/mol. The van der Waals surface area contributed by atoms with E-state index in [0.717, 1.165) is 0 Å². The highest BCUT2D eigenvalue weighted by Crippen LogP contribution is 2.23. The summed E-state index contributed by atoms with van der Waals surface area (Å²) in [4.78, 5) is 13.6. The van der Waals surface area contributed by atoms with Crippen LogP contribution in [-0.2, 0) is 21.7 Å². The van der Waals surface area contributed by atoms with Crippen LogP contribution in [0.2, 0.25) is 0 Å². The van der Waals surface area contributed by atoms with E-state index in [1.54, 1.807) is 18.0 Å². The lowest BCUT2D eigenvalue weighted by Gasteiger charge is -2.31. The lowest BCUT2D eigenvalue weighted by molar-refractivity contribution is -0.131. The zero-order valence-electron chi connectivity index (χ0n) is 12.1. The molecule has 21 heavy (non-hydrogen) atoms. The van der Waals surface area contributed by atoms with Gasteiger partial charge in [-0.25, -0.2) is 8.42 Å². The summed E-state index contributed by atoms with van der Waals surface area (Å²) in [5, 5.41) is 6.81. The van der Waals surface area contributed by atoms with Gasteiger partial charge in [-0.2, -0.15) is 0 Å². The number of carbonyl (C=O) groups is 1. The molecule has 0 radical (unpaired) electrons. The normalized spacial score (nSPS) is 16.9. The highest BCUT2D eigenvalue weighted by atomic mass is 32.2. The fourth-order valence-corrected chi connectivity index (χ4v) is 4.22. The molecular formula is C13H20N4O3S. The second-order valence-corrected chi connectivity index (χ2v) is 7.30. The first-order valence-corrected chi connectivity index (χ1v) is 8.48. The van der Waals surface area contributed by atoms with Gasteiger partial charge in [-0.3, -0.25) is 4.79 Å². The number of sulfone groups is 1. The largest absolute Gasteiger partial charge is 0.343 e. The van der Waals surface area contributed by atoms with E-state index in [2.05, 4.69) is 16.8 Å². The Kier molecular flexibility index (Phi) is 4.76. The van der Waals surface area contributed by atoms with Crippen LogP contribution >= 0.6 is 0 Å². The van der Waals surface area contributed by atoms with Gasteiger partial charge in [-0.05, 0) is 19.3 Å². The Hall–Kier alpha value is -1.70. The molecule has 1 aliphatic heterocycles. The maximum Gasteiger partial charge on any atom is 0.249 e. The minimum Gasteiger partial charge on any atom is -0.343 e. The molecule has 0 unspecified atom stereocenters. The van der Waals surface area contributed by atoms with Crippen molar-refractivity contribution in [2.75, 3.05) is 13.1 Å². The number of allylic oxidation sites excluding steroid dienone is 1. The van der Waals surface area contributed by atoms with Crippen LogP contribution in [0.5, 0.6) is 0 Å². The molecule has 2 heterocycles. The molecule has 1 saturated heterocycles. The molecule has 1 aromatic heterocycles. The quantitative estimate of drug-likeness (QED) is 0.741. The summed E-state index contributed by atoms with van der Waals surface area (Å²) in [6, 6.07) is 0. The van der Waals surface area contributed by atoms with Crippen molar-refractivity contribution in [2.24, 2.45) is 7.05 Å². The molecule has 0 bridgehead atoms. The zero-order chi connectivity index (χ0) is 15.5. The van der Waals surface area contributed by atoms with Crippen molar-refractivity contribution in [1.82, 2.24) is 19.7 Å². The molecule has 1 aromatic rings. The molecule has 1 fully saturated rings. The minimum atomic E-state index is -3.48. The molecule has 0 saturated carbocycles. The average Bonchev–Trinajstić information content (AvgIpc) is 2.92. The van der Waals surface area contributed by atoms with E-state index < -0.39 is 15.1 Å². The lowest BCUT2D eigenvalue weighted by atomic mass is 10.1. The third-order valence-corrected chi connectivity index (χ3v) is 5.95. The Morgan fingerprint density at radius 2 is 2.14 bits per heavy atom. The van der Waals surface area contributed by atoms with E-state index in [-0.39, 0.29) is 11.1 Å². The van der Waals surface area contributed by atoms with Crippen LogP contribution < -0.4 is 0 Å². The van der Waals surface area contributed by atoms with Crippen LogP contribution in [-0.4, -0.2) is 52.3 Å². The van der Waals surface area contributed by atoms with Crippen molar-refractivity contribution < 1.29 is 13.2 Å². The standard InChI is InChI=1S/C13H20N4O3S/c1-3-4-5-12(18)17-8-6-11(7-9-17)21(19,20)13-15-14-10-16(13)2/h3,10-11H,1,4-9H2,2H3. The van der Waals surface area contributed by atoms with Gasteiger partial charge in [0.2, 0.25) is 20.9 Å². The van der Waals surface area contributed by atoms with Gasteiger partial charge in [-0.1, -0.05) is 6.08 Å². The van der Waals surface area contributed by atoms with Crippen LogP contribution in [0.25, 0.3) is 0 Å². The van der Waals surface area contributed by atoms with Gasteiger partial charge in [-0.15, -0.1) is 16.8 Å². The highest BCUT2D eigenvalue weighted by Gasteiger charge is 2.35. The third kappa shape index (κ3) is 3.31. The molecule has 0 aliphatic carbocycles. The first kappa shape index (κ1) is 15.7. The van der Waals surface area contributed by atoms with Gasteiger partial charge >= 0.3 is 0 Å².